The van der Waals surface area contributed by atoms with Crippen LogP contribution in [0, 0.1) is 5.92 Å². The Hall–Kier alpha value is -3.30. The summed E-state index contributed by atoms with van der Waals surface area (Å²) in [4.78, 5) is 0. The number of allylic oxidation sites excluding steroid dienone is 3. The molecule has 3 aromatic carbocycles. The number of hydrogen-bond donors (Lipinski definition) is 1. The normalized spacial score (nSPS) is 15.5. The van der Waals surface area contributed by atoms with E-state index in [1.165, 1.54) is 16.7 Å². The first-order chi connectivity index (χ1) is 16.3. The number of hydrogen-bond acceptors (Lipinski definition) is 3. The highest BCUT2D eigenvalue weighted by Crippen LogP contribution is 2.28. The van der Waals surface area contributed by atoms with Crippen LogP contribution in [0.25, 0.3) is 0 Å². The average molecular weight is 440 g/mol. The third kappa shape index (κ3) is 7.96. The molecule has 1 aliphatic carbocycles. The lowest BCUT2D eigenvalue weighted by Crippen LogP contribution is -2.21. The van der Waals surface area contributed by atoms with E-state index in [0.717, 1.165) is 43.9 Å². The molecule has 0 saturated carbocycles. The fourth-order valence-electron chi connectivity index (χ4n) is 3.97. The van der Waals surface area contributed by atoms with Gasteiger partial charge in [-0.2, -0.15) is 0 Å². The van der Waals surface area contributed by atoms with Crippen LogP contribution in [0.3, 0.4) is 0 Å². The van der Waals surface area contributed by atoms with Crippen molar-refractivity contribution in [2.24, 2.45) is 5.92 Å². The van der Waals surface area contributed by atoms with Gasteiger partial charge in [-0.1, -0.05) is 91.0 Å². The second-order valence-electron chi connectivity index (χ2n) is 8.47. The molecule has 0 spiro atoms. The SMILES string of the molecule is C1=C(OCc2ccccc2)C=C(OCc2ccccc2)CC1CCNCCc1ccccc1. The van der Waals surface area contributed by atoms with Crippen molar-refractivity contribution in [2.45, 2.75) is 32.5 Å². The average Bonchev–Trinajstić information content (AvgIpc) is 2.88. The topological polar surface area (TPSA) is 30.5 Å². The minimum atomic E-state index is 0.399. The minimum absolute atomic E-state index is 0.399. The first-order valence-corrected chi connectivity index (χ1v) is 11.9. The van der Waals surface area contributed by atoms with Crippen molar-refractivity contribution in [3.63, 3.8) is 0 Å². The van der Waals surface area contributed by atoms with Crippen LogP contribution in [-0.4, -0.2) is 13.1 Å². The number of ether oxygens (including phenoxy) is 2. The summed E-state index contributed by atoms with van der Waals surface area (Å²) in [7, 11) is 0. The Balaban J connectivity index is 1.30. The van der Waals surface area contributed by atoms with E-state index in [1.807, 2.05) is 36.4 Å². The summed E-state index contributed by atoms with van der Waals surface area (Å²) in [6.45, 7) is 3.12. The van der Waals surface area contributed by atoms with Gasteiger partial charge in [-0.05, 0) is 54.6 Å². The van der Waals surface area contributed by atoms with Crippen LogP contribution in [0.4, 0.5) is 0 Å². The van der Waals surface area contributed by atoms with Crippen molar-refractivity contribution >= 4 is 0 Å². The van der Waals surface area contributed by atoms with Crippen LogP contribution < -0.4 is 5.32 Å². The van der Waals surface area contributed by atoms with Crippen molar-refractivity contribution in [3.05, 3.63) is 131 Å². The van der Waals surface area contributed by atoms with Crippen LogP contribution in [0.1, 0.15) is 29.5 Å². The molecular weight excluding hydrogens is 406 g/mol. The molecule has 1 atom stereocenters. The van der Waals surface area contributed by atoms with Crippen LogP contribution in [0.15, 0.2) is 115 Å². The molecule has 0 heterocycles. The largest absolute Gasteiger partial charge is 0.493 e. The molecule has 0 aliphatic heterocycles. The second kappa shape index (κ2) is 12.7. The quantitative estimate of drug-likeness (QED) is 0.330. The zero-order valence-corrected chi connectivity index (χ0v) is 19.2. The molecule has 170 valence electrons. The lowest BCUT2D eigenvalue weighted by molar-refractivity contribution is 0.163. The van der Waals surface area contributed by atoms with Crippen LogP contribution >= 0.6 is 0 Å². The molecule has 0 fully saturated rings. The molecule has 0 saturated heterocycles. The third-order valence-corrected chi connectivity index (χ3v) is 5.81. The molecule has 4 rings (SSSR count). The summed E-state index contributed by atoms with van der Waals surface area (Å²) in [6.07, 6.45) is 7.34. The summed E-state index contributed by atoms with van der Waals surface area (Å²) < 4.78 is 12.3. The molecule has 1 N–H and O–H groups in total. The zero-order chi connectivity index (χ0) is 22.6. The summed E-state index contributed by atoms with van der Waals surface area (Å²) in [5.41, 5.74) is 3.72. The molecule has 3 nitrogen and oxygen atoms in total. The van der Waals surface area contributed by atoms with Gasteiger partial charge in [0.25, 0.3) is 0 Å². The van der Waals surface area contributed by atoms with Crippen molar-refractivity contribution in [1.82, 2.24) is 5.32 Å². The van der Waals surface area contributed by atoms with E-state index in [4.69, 9.17) is 9.47 Å². The van der Waals surface area contributed by atoms with Crippen LogP contribution in [0.2, 0.25) is 0 Å². The van der Waals surface area contributed by atoms with E-state index < -0.39 is 0 Å². The zero-order valence-electron chi connectivity index (χ0n) is 19.2. The lowest BCUT2D eigenvalue weighted by Gasteiger charge is -2.23. The Bertz CT molecular complexity index is 1010. The van der Waals surface area contributed by atoms with E-state index in [2.05, 4.69) is 72.1 Å². The predicted octanol–water partition coefficient (Wildman–Crippen LogP) is 6.43. The van der Waals surface area contributed by atoms with Gasteiger partial charge in [0.15, 0.2) is 0 Å². The summed E-state index contributed by atoms with van der Waals surface area (Å²) >= 11 is 0. The Morgan fingerprint density at radius 2 is 1.24 bits per heavy atom. The molecule has 33 heavy (non-hydrogen) atoms. The summed E-state index contributed by atoms with van der Waals surface area (Å²) in [6, 6.07) is 31.2. The Kier molecular flexibility index (Phi) is 8.78. The Labute approximate surface area is 197 Å². The minimum Gasteiger partial charge on any atom is -0.493 e. The van der Waals surface area contributed by atoms with Crippen LogP contribution in [0.5, 0.6) is 0 Å². The van der Waals surface area contributed by atoms with Gasteiger partial charge in [0, 0.05) is 12.5 Å². The van der Waals surface area contributed by atoms with Gasteiger partial charge in [0.1, 0.15) is 24.7 Å². The van der Waals surface area contributed by atoms with Crippen LogP contribution in [-0.2, 0) is 29.1 Å². The van der Waals surface area contributed by atoms with Crippen molar-refractivity contribution < 1.29 is 9.47 Å². The maximum absolute atomic E-state index is 6.19. The monoisotopic (exact) mass is 439 g/mol. The maximum Gasteiger partial charge on any atom is 0.119 e. The molecule has 1 aliphatic rings. The third-order valence-electron chi connectivity index (χ3n) is 5.81. The molecule has 0 amide bonds. The van der Waals surface area contributed by atoms with E-state index in [-0.39, 0.29) is 0 Å². The van der Waals surface area contributed by atoms with E-state index >= 15 is 0 Å². The molecule has 0 radical (unpaired) electrons. The lowest BCUT2D eigenvalue weighted by atomic mass is 9.95. The van der Waals surface area contributed by atoms with Gasteiger partial charge in [0.05, 0.1) is 0 Å². The highest BCUT2D eigenvalue weighted by Gasteiger charge is 2.18. The van der Waals surface area contributed by atoms with Gasteiger partial charge in [-0.3, -0.25) is 0 Å². The van der Waals surface area contributed by atoms with Gasteiger partial charge in [-0.25, -0.2) is 0 Å². The molecule has 3 heteroatoms. The smallest absolute Gasteiger partial charge is 0.119 e. The van der Waals surface area contributed by atoms with Gasteiger partial charge >= 0.3 is 0 Å². The summed E-state index contributed by atoms with van der Waals surface area (Å²) in [5, 5.41) is 3.60. The van der Waals surface area contributed by atoms with Gasteiger partial charge in [-0.15, -0.1) is 0 Å². The Morgan fingerprint density at radius 1 is 0.667 bits per heavy atom. The molecule has 0 aromatic heterocycles. The second-order valence-corrected chi connectivity index (χ2v) is 8.47. The van der Waals surface area contributed by atoms with Crippen molar-refractivity contribution in [2.75, 3.05) is 13.1 Å². The highest BCUT2D eigenvalue weighted by atomic mass is 16.5. The van der Waals surface area contributed by atoms with Gasteiger partial charge in [0.2, 0.25) is 0 Å². The highest BCUT2D eigenvalue weighted by molar-refractivity contribution is 5.24. The number of nitrogens with one attached hydrogen (secondary N) is 1. The predicted molar refractivity (Wildman–Crippen MR) is 134 cm³/mol. The number of benzene rings is 3. The first-order valence-electron chi connectivity index (χ1n) is 11.9. The van der Waals surface area contributed by atoms with E-state index in [1.54, 1.807) is 0 Å². The Morgan fingerprint density at radius 3 is 1.88 bits per heavy atom. The van der Waals surface area contributed by atoms with E-state index in [9.17, 15) is 0 Å². The molecule has 3 aromatic rings. The van der Waals surface area contributed by atoms with Gasteiger partial charge < -0.3 is 14.8 Å². The van der Waals surface area contributed by atoms with Crippen molar-refractivity contribution in [3.8, 4) is 0 Å². The fourth-order valence-corrected chi connectivity index (χ4v) is 3.97. The molecular formula is C30H33NO2. The number of rotatable bonds is 12. The molecule has 0 bridgehead atoms. The maximum atomic E-state index is 6.19. The standard InChI is InChI=1S/C30H33NO2/c1-4-10-25(11-5-1)16-18-31-19-17-28-20-29(32-23-26-12-6-2-7-13-26)22-30(21-28)33-24-27-14-8-3-9-15-27/h1-15,20,22,28,31H,16-19,21,23-24H2. The molecule has 1 unspecified atom stereocenters. The van der Waals surface area contributed by atoms with Crippen molar-refractivity contribution in [1.29, 1.82) is 0 Å². The summed E-state index contributed by atoms with van der Waals surface area (Å²) in [5.74, 6) is 2.30. The fraction of sp³-hybridized carbons (Fsp3) is 0.267. The van der Waals surface area contributed by atoms with E-state index in [0.29, 0.717) is 19.1 Å². The first kappa shape index (κ1) is 22.9.